The van der Waals surface area contributed by atoms with Gasteiger partial charge in [-0.05, 0) is 31.9 Å². The summed E-state index contributed by atoms with van der Waals surface area (Å²) in [6.07, 6.45) is 0.734. The van der Waals surface area contributed by atoms with Crippen LogP contribution in [0.4, 0.5) is 4.39 Å². The van der Waals surface area contributed by atoms with Crippen LogP contribution in [-0.4, -0.2) is 30.3 Å². The van der Waals surface area contributed by atoms with Gasteiger partial charge in [0.25, 0.3) is 5.91 Å². The number of aliphatic hydroxyl groups excluding tert-OH is 1. The Morgan fingerprint density at radius 3 is 2.52 bits per heavy atom. The lowest BCUT2D eigenvalue weighted by molar-refractivity contribution is -0.128. The molecule has 1 amide bonds. The summed E-state index contributed by atoms with van der Waals surface area (Å²) >= 11 is 0. The van der Waals surface area contributed by atoms with Crippen LogP contribution in [0.2, 0.25) is 0 Å². The third kappa shape index (κ3) is 4.70. The molecule has 0 fully saturated rings. The number of rotatable bonds is 8. The first-order valence-electron chi connectivity index (χ1n) is 7.27. The molecular weight excluding hydrogens is 273 g/mol. The van der Waals surface area contributed by atoms with Crippen molar-refractivity contribution in [3.05, 3.63) is 30.1 Å². The van der Waals surface area contributed by atoms with Crippen molar-refractivity contribution < 1.29 is 19.0 Å². The van der Waals surface area contributed by atoms with Crippen LogP contribution >= 0.6 is 0 Å². The molecule has 1 aromatic carbocycles. The van der Waals surface area contributed by atoms with Gasteiger partial charge in [-0.25, -0.2) is 4.39 Å². The van der Waals surface area contributed by atoms with Crippen LogP contribution in [0.1, 0.15) is 33.6 Å². The molecule has 4 nitrogen and oxygen atoms in total. The highest BCUT2D eigenvalue weighted by molar-refractivity contribution is 5.80. The van der Waals surface area contributed by atoms with Gasteiger partial charge >= 0.3 is 0 Å². The largest absolute Gasteiger partial charge is 0.478 e. The van der Waals surface area contributed by atoms with Gasteiger partial charge in [-0.15, -0.1) is 0 Å². The van der Waals surface area contributed by atoms with Crippen molar-refractivity contribution >= 4 is 5.91 Å². The summed E-state index contributed by atoms with van der Waals surface area (Å²) in [4.78, 5) is 12.0. The predicted octanol–water partition coefficient (Wildman–Crippen LogP) is 2.51. The van der Waals surface area contributed by atoms with Crippen LogP contribution < -0.4 is 10.1 Å². The van der Waals surface area contributed by atoms with Gasteiger partial charge in [0.05, 0.1) is 6.61 Å². The van der Waals surface area contributed by atoms with Gasteiger partial charge in [-0.1, -0.05) is 26.0 Å². The first-order valence-corrected chi connectivity index (χ1v) is 7.27. The minimum Gasteiger partial charge on any atom is -0.478 e. The van der Waals surface area contributed by atoms with Gasteiger partial charge in [0.1, 0.15) is 0 Å². The first kappa shape index (κ1) is 17.4. The van der Waals surface area contributed by atoms with E-state index < -0.39 is 11.9 Å². The molecule has 0 bridgehead atoms. The van der Waals surface area contributed by atoms with E-state index in [4.69, 9.17) is 4.74 Å². The van der Waals surface area contributed by atoms with Crippen LogP contribution in [0.5, 0.6) is 5.75 Å². The Kier molecular flexibility index (Phi) is 6.62. The van der Waals surface area contributed by atoms with Gasteiger partial charge in [0, 0.05) is 12.0 Å². The van der Waals surface area contributed by atoms with E-state index in [1.807, 2.05) is 13.8 Å². The summed E-state index contributed by atoms with van der Waals surface area (Å²) in [6, 6.07) is 5.97. The van der Waals surface area contributed by atoms with Crippen LogP contribution in [0, 0.1) is 11.2 Å². The molecule has 118 valence electrons. The number of benzene rings is 1. The van der Waals surface area contributed by atoms with Crippen molar-refractivity contribution in [2.75, 3.05) is 13.2 Å². The number of halogens is 1. The van der Waals surface area contributed by atoms with Gasteiger partial charge < -0.3 is 15.2 Å². The van der Waals surface area contributed by atoms with E-state index in [9.17, 15) is 14.3 Å². The van der Waals surface area contributed by atoms with Gasteiger partial charge in [-0.2, -0.15) is 0 Å². The van der Waals surface area contributed by atoms with E-state index in [1.54, 1.807) is 19.1 Å². The fourth-order valence-corrected chi connectivity index (χ4v) is 1.98. The first-order chi connectivity index (χ1) is 9.98. The summed E-state index contributed by atoms with van der Waals surface area (Å²) in [7, 11) is 0. The number of hydrogen-bond acceptors (Lipinski definition) is 3. The summed E-state index contributed by atoms with van der Waals surface area (Å²) in [5.74, 6) is -0.762. The maximum absolute atomic E-state index is 13.5. The zero-order chi connectivity index (χ0) is 15.9. The van der Waals surface area contributed by atoms with Crippen molar-refractivity contribution in [2.45, 2.75) is 39.7 Å². The molecule has 21 heavy (non-hydrogen) atoms. The molecule has 0 aromatic heterocycles. The molecular formula is C16H24FNO3. The number of ether oxygens (including phenoxy) is 1. The highest BCUT2D eigenvalue weighted by Crippen LogP contribution is 2.24. The minimum absolute atomic E-state index is 0.0167. The van der Waals surface area contributed by atoms with E-state index >= 15 is 0 Å². The van der Waals surface area contributed by atoms with Crippen LogP contribution in [-0.2, 0) is 4.79 Å². The Labute approximate surface area is 125 Å². The lowest BCUT2D eigenvalue weighted by Crippen LogP contribution is -2.44. The smallest absolute Gasteiger partial charge is 0.260 e. The summed E-state index contributed by atoms with van der Waals surface area (Å²) in [5, 5.41) is 12.2. The maximum atomic E-state index is 13.5. The third-order valence-electron chi connectivity index (χ3n) is 3.98. The Hall–Kier alpha value is -1.62. The SMILES string of the molecule is CCC(CC)(CO)CNC(=O)C(C)Oc1ccccc1F. The quantitative estimate of drug-likeness (QED) is 0.775. The minimum atomic E-state index is -0.799. The zero-order valence-electron chi connectivity index (χ0n) is 12.9. The van der Waals surface area contributed by atoms with Crippen LogP contribution in [0.15, 0.2) is 24.3 Å². The molecule has 0 saturated heterocycles. The number of aliphatic hydroxyl groups is 1. The molecule has 0 aliphatic carbocycles. The van der Waals surface area contributed by atoms with E-state index in [2.05, 4.69) is 5.32 Å². The summed E-state index contributed by atoms with van der Waals surface area (Å²) in [6.45, 7) is 5.92. The van der Waals surface area contributed by atoms with Gasteiger partial charge in [0.15, 0.2) is 17.7 Å². The lowest BCUT2D eigenvalue weighted by Gasteiger charge is -2.30. The Morgan fingerprint density at radius 2 is 2.00 bits per heavy atom. The van der Waals surface area contributed by atoms with Crippen molar-refractivity contribution in [1.29, 1.82) is 0 Å². The number of amides is 1. The Morgan fingerprint density at radius 1 is 1.38 bits per heavy atom. The number of hydrogen-bond donors (Lipinski definition) is 2. The molecule has 0 spiro atoms. The van der Waals surface area contributed by atoms with Crippen molar-refractivity contribution in [3.8, 4) is 5.75 Å². The number of para-hydroxylation sites is 1. The molecule has 0 heterocycles. The summed E-state index contributed by atoms with van der Waals surface area (Å²) < 4.78 is 18.8. The predicted molar refractivity (Wildman–Crippen MR) is 79.6 cm³/mol. The number of carbonyl (C=O) groups excluding carboxylic acids is 1. The van der Waals surface area contributed by atoms with Crippen LogP contribution in [0.25, 0.3) is 0 Å². The van der Waals surface area contributed by atoms with Crippen molar-refractivity contribution in [2.24, 2.45) is 5.41 Å². The van der Waals surface area contributed by atoms with E-state index in [-0.39, 0.29) is 23.7 Å². The molecule has 1 aromatic rings. The molecule has 1 atom stereocenters. The topological polar surface area (TPSA) is 58.6 Å². The fraction of sp³-hybridized carbons (Fsp3) is 0.562. The lowest BCUT2D eigenvalue weighted by atomic mass is 9.83. The zero-order valence-corrected chi connectivity index (χ0v) is 12.9. The fourth-order valence-electron chi connectivity index (χ4n) is 1.98. The molecule has 5 heteroatoms. The number of carbonyl (C=O) groups is 1. The normalized spacial score (nSPS) is 12.8. The average molecular weight is 297 g/mol. The molecule has 0 saturated carbocycles. The highest BCUT2D eigenvalue weighted by Gasteiger charge is 2.27. The van der Waals surface area contributed by atoms with E-state index in [0.717, 1.165) is 12.8 Å². The maximum Gasteiger partial charge on any atom is 0.260 e. The highest BCUT2D eigenvalue weighted by atomic mass is 19.1. The molecule has 1 unspecified atom stereocenters. The Bertz CT molecular complexity index is 452. The standard InChI is InChI=1S/C16H24FNO3/c1-4-16(5-2,11-19)10-18-15(20)12(3)21-14-9-7-6-8-13(14)17/h6-9,12,19H,4-5,10-11H2,1-3H3,(H,18,20). The molecule has 0 radical (unpaired) electrons. The van der Waals surface area contributed by atoms with Crippen LogP contribution in [0.3, 0.4) is 0 Å². The molecule has 0 aliphatic heterocycles. The second-order valence-corrected chi connectivity index (χ2v) is 5.27. The van der Waals surface area contributed by atoms with E-state index in [0.29, 0.717) is 6.54 Å². The summed E-state index contributed by atoms with van der Waals surface area (Å²) in [5.41, 5.74) is -0.312. The van der Waals surface area contributed by atoms with E-state index in [1.165, 1.54) is 12.1 Å². The molecule has 1 rings (SSSR count). The van der Waals surface area contributed by atoms with Gasteiger partial charge in [-0.3, -0.25) is 4.79 Å². The van der Waals surface area contributed by atoms with Crippen molar-refractivity contribution in [1.82, 2.24) is 5.32 Å². The average Bonchev–Trinajstić information content (AvgIpc) is 2.51. The second-order valence-electron chi connectivity index (χ2n) is 5.27. The molecule has 2 N–H and O–H groups in total. The monoisotopic (exact) mass is 297 g/mol. The third-order valence-corrected chi connectivity index (χ3v) is 3.98. The van der Waals surface area contributed by atoms with Crippen molar-refractivity contribution in [3.63, 3.8) is 0 Å². The molecule has 0 aliphatic rings. The number of nitrogens with one attached hydrogen (secondary N) is 1. The second kappa shape index (κ2) is 7.98. The van der Waals surface area contributed by atoms with Gasteiger partial charge in [0.2, 0.25) is 0 Å². The Balaban J connectivity index is 2.57.